The highest BCUT2D eigenvalue weighted by Gasteiger charge is 2.20. The van der Waals surface area contributed by atoms with Gasteiger partial charge in [-0.15, -0.1) is 0 Å². The van der Waals surface area contributed by atoms with E-state index in [9.17, 15) is 0 Å². The molecule has 1 rings (SSSR count). The van der Waals surface area contributed by atoms with E-state index in [0.29, 0.717) is 19.8 Å². The second-order valence-corrected chi connectivity index (χ2v) is 3.20. The van der Waals surface area contributed by atoms with E-state index < -0.39 is 9.53 Å². The largest absolute Gasteiger partial charge is 0.484 e. The monoisotopic (exact) mass is 150 g/mol. The van der Waals surface area contributed by atoms with E-state index in [1.54, 1.807) is 0 Å². The molecule has 1 aliphatic heterocycles. The summed E-state index contributed by atoms with van der Waals surface area (Å²) in [7, 11) is -1.76. The quantitative estimate of drug-likeness (QED) is 0.511. The Kier molecular flexibility index (Phi) is 3.16. The maximum Gasteiger partial charge on any atom is 0.484 e. The van der Waals surface area contributed by atoms with Gasteiger partial charge in [0.25, 0.3) is 0 Å². The van der Waals surface area contributed by atoms with E-state index in [2.05, 4.69) is 0 Å². The van der Waals surface area contributed by atoms with Crippen molar-refractivity contribution >= 4 is 9.53 Å². The van der Waals surface area contributed by atoms with Crippen molar-refractivity contribution in [2.75, 3.05) is 26.4 Å². The predicted octanol–water partition coefficient (Wildman–Crippen LogP) is -1.24. The van der Waals surface area contributed by atoms with Gasteiger partial charge >= 0.3 is 9.53 Å². The highest BCUT2D eigenvalue weighted by Crippen LogP contribution is 1.98. The molecular weight excluding hydrogens is 140 g/mol. The fourth-order valence-corrected chi connectivity index (χ4v) is 1.75. The minimum absolute atomic E-state index is 0.0379. The Labute approximate surface area is 55.3 Å². The van der Waals surface area contributed by atoms with E-state index in [1.165, 1.54) is 0 Å². The third-order valence-corrected chi connectivity index (χ3v) is 2.46. The SMILES string of the molecule is OCCO[SiH]1OCCO1. The summed E-state index contributed by atoms with van der Waals surface area (Å²) >= 11 is 0. The van der Waals surface area contributed by atoms with Crippen molar-refractivity contribution in [3.05, 3.63) is 0 Å². The van der Waals surface area contributed by atoms with Crippen LogP contribution >= 0.6 is 0 Å². The topological polar surface area (TPSA) is 47.9 Å². The maximum atomic E-state index is 8.31. The van der Waals surface area contributed by atoms with E-state index in [4.69, 9.17) is 18.4 Å². The molecule has 0 amide bonds. The van der Waals surface area contributed by atoms with Crippen LogP contribution in [0.1, 0.15) is 0 Å². The molecule has 1 saturated heterocycles. The number of hydrogen-bond acceptors (Lipinski definition) is 4. The highest BCUT2D eigenvalue weighted by molar-refractivity contribution is 6.36. The molecule has 1 aliphatic rings. The van der Waals surface area contributed by atoms with Gasteiger partial charge in [-0.1, -0.05) is 0 Å². The Morgan fingerprint density at radius 2 is 2.11 bits per heavy atom. The molecule has 1 fully saturated rings. The van der Waals surface area contributed by atoms with E-state index in [1.807, 2.05) is 0 Å². The zero-order valence-corrected chi connectivity index (χ0v) is 6.23. The molecule has 9 heavy (non-hydrogen) atoms. The molecule has 5 heteroatoms. The standard InChI is InChI=1S/C4H10O4Si/c5-1-2-6-9-7-3-4-8-9/h5,9H,1-4H2. The van der Waals surface area contributed by atoms with Gasteiger partial charge in [-0.25, -0.2) is 0 Å². The third kappa shape index (κ3) is 2.42. The summed E-state index contributed by atoms with van der Waals surface area (Å²) in [5, 5.41) is 8.31. The summed E-state index contributed by atoms with van der Waals surface area (Å²) in [5.74, 6) is 0. The maximum absolute atomic E-state index is 8.31. The van der Waals surface area contributed by atoms with Gasteiger partial charge in [0.2, 0.25) is 0 Å². The molecule has 0 saturated carbocycles. The van der Waals surface area contributed by atoms with Crippen molar-refractivity contribution in [2.24, 2.45) is 0 Å². The summed E-state index contributed by atoms with van der Waals surface area (Å²) in [4.78, 5) is 0. The summed E-state index contributed by atoms with van der Waals surface area (Å²) in [6.07, 6.45) is 0. The molecule has 0 spiro atoms. The van der Waals surface area contributed by atoms with Gasteiger partial charge in [-0.05, 0) is 0 Å². The van der Waals surface area contributed by atoms with Crippen LogP contribution in [0.5, 0.6) is 0 Å². The molecule has 0 aromatic rings. The molecule has 0 bridgehead atoms. The molecule has 0 aromatic carbocycles. The van der Waals surface area contributed by atoms with Gasteiger partial charge in [-0.2, -0.15) is 0 Å². The Balaban J connectivity index is 1.98. The van der Waals surface area contributed by atoms with Gasteiger partial charge < -0.3 is 18.4 Å². The van der Waals surface area contributed by atoms with Crippen molar-refractivity contribution in [3.63, 3.8) is 0 Å². The van der Waals surface area contributed by atoms with Gasteiger partial charge in [0.05, 0.1) is 26.4 Å². The zero-order chi connectivity index (χ0) is 6.53. The Morgan fingerprint density at radius 3 is 2.67 bits per heavy atom. The molecule has 1 N–H and O–H groups in total. The average Bonchev–Trinajstić information content (AvgIpc) is 2.34. The van der Waals surface area contributed by atoms with Gasteiger partial charge in [0, 0.05) is 0 Å². The fourth-order valence-electron chi connectivity index (χ4n) is 0.582. The highest BCUT2D eigenvalue weighted by atomic mass is 28.3. The molecule has 4 nitrogen and oxygen atoms in total. The number of rotatable bonds is 3. The minimum atomic E-state index is -1.76. The summed E-state index contributed by atoms with van der Waals surface area (Å²) in [6, 6.07) is 0. The summed E-state index contributed by atoms with van der Waals surface area (Å²) in [6.45, 7) is 1.65. The Morgan fingerprint density at radius 1 is 1.44 bits per heavy atom. The first kappa shape index (κ1) is 7.17. The summed E-state index contributed by atoms with van der Waals surface area (Å²) in [5.41, 5.74) is 0. The van der Waals surface area contributed by atoms with Crippen molar-refractivity contribution in [3.8, 4) is 0 Å². The first-order valence-electron chi connectivity index (χ1n) is 2.89. The lowest BCUT2D eigenvalue weighted by Crippen LogP contribution is -2.21. The number of aliphatic hydroxyl groups is 1. The lowest BCUT2D eigenvalue weighted by molar-refractivity contribution is 0.137. The van der Waals surface area contributed by atoms with Crippen LogP contribution in [0.15, 0.2) is 0 Å². The van der Waals surface area contributed by atoms with Crippen LogP contribution in [0.25, 0.3) is 0 Å². The fraction of sp³-hybridized carbons (Fsp3) is 1.00. The minimum Gasteiger partial charge on any atom is -0.394 e. The van der Waals surface area contributed by atoms with E-state index in [-0.39, 0.29) is 6.61 Å². The average molecular weight is 150 g/mol. The van der Waals surface area contributed by atoms with Gasteiger partial charge in [-0.3, -0.25) is 0 Å². The molecule has 1 heterocycles. The van der Waals surface area contributed by atoms with Crippen molar-refractivity contribution in [2.45, 2.75) is 0 Å². The third-order valence-electron chi connectivity index (χ3n) is 0.936. The zero-order valence-electron chi connectivity index (χ0n) is 5.08. The van der Waals surface area contributed by atoms with Crippen molar-refractivity contribution < 1.29 is 18.4 Å². The molecule has 0 aliphatic carbocycles. The molecule has 0 unspecified atom stereocenters. The lowest BCUT2D eigenvalue weighted by Gasteiger charge is -2.04. The second kappa shape index (κ2) is 3.97. The number of aliphatic hydroxyl groups excluding tert-OH is 1. The first-order valence-corrected chi connectivity index (χ1v) is 4.30. The van der Waals surface area contributed by atoms with Gasteiger partial charge in [0.15, 0.2) is 0 Å². The molecule has 0 atom stereocenters. The van der Waals surface area contributed by atoms with Crippen LogP contribution in [-0.4, -0.2) is 41.1 Å². The van der Waals surface area contributed by atoms with E-state index in [0.717, 1.165) is 0 Å². The normalized spacial score (nSPS) is 21.0. The van der Waals surface area contributed by atoms with Crippen LogP contribution in [0.2, 0.25) is 0 Å². The van der Waals surface area contributed by atoms with Crippen molar-refractivity contribution in [1.82, 2.24) is 0 Å². The predicted molar refractivity (Wildman–Crippen MR) is 32.1 cm³/mol. The van der Waals surface area contributed by atoms with Crippen LogP contribution < -0.4 is 0 Å². The van der Waals surface area contributed by atoms with Crippen molar-refractivity contribution in [1.29, 1.82) is 0 Å². The van der Waals surface area contributed by atoms with Crippen LogP contribution in [0.3, 0.4) is 0 Å². The van der Waals surface area contributed by atoms with E-state index >= 15 is 0 Å². The summed E-state index contributed by atoms with van der Waals surface area (Å²) < 4.78 is 15.1. The lowest BCUT2D eigenvalue weighted by atomic mass is 10.8. The van der Waals surface area contributed by atoms with Crippen LogP contribution in [0.4, 0.5) is 0 Å². The van der Waals surface area contributed by atoms with Gasteiger partial charge in [0.1, 0.15) is 0 Å². The Bertz CT molecular complexity index is 73.0. The van der Waals surface area contributed by atoms with Crippen LogP contribution in [0, 0.1) is 0 Å². The molecular formula is C4H10O4Si. The molecule has 0 aromatic heterocycles. The number of hydrogen-bond donors (Lipinski definition) is 1. The first-order chi connectivity index (χ1) is 4.43. The second-order valence-electron chi connectivity index (χ2n) is 1.62. The molecule has 0 radical (unpaired) electrons. The molecule has 54 valence electrons. The van der Waals surface area contributed by atoms with Crippen LogP contribution in [-0.2, 0) is 13.3 Å². The smallest absolute Gasteiger partial charge is 0.394 e. The Hall–Kier alpha value is 0.0569.